The van der Waals surface area contributed by atoms with E-state index in [-0.39, 0.29) is 0 Å². The highest BCUT2D eigenvalue weighted by Gasteiger charge is 2.22. The van der Waals surface area contributed by atoms with E-state index >= 15 is 0 Å². The fraction of sp³-hybridized carbons (Fsp3) is 0.400. The molecule has 0 spiro atoms. The van der Waals surface area contributed by atoms with E-state index in [4.69, 9.17) is 17.3 Å². The second-order valence-corrected chi connectivity index (χ2v) is 5.75. The number of benzene rings is 1. The Kier molecular flexibility index (Phi) is 3.85. The van der Waals surface area contributed by atoms with Crippen LogP contribution >= 0.6 is 11.6 Å². The molecular formula is C15H20ClN3. The van der Waals surface area contributed by atoms with Crippen molar-refractivity contribution in [1.82, 2.24) is 9.78 Å². The summed E-state index contributed by atoms with van der Waals surface area (Å²) in [4.78, 5) is 0. The van der Waals surface area contributed by atoms with Crippen LogP contribution < -0.4 is 5.73 Å². The Balaban J connectivity index is 2.58. The third kappa shape index (κ3) is 2.61. The van der Waals surface area contributed by atoms with E-state index in [9.17, 15) is 0 Å². The molecule has 0 amide bonds. The van der Waals surface area contributed by atoms with E-state index in [0.717, 1.165) is 21.8 Å². The zero-order chi connectivity index (χ0) is 14.2. The first-order valence-electron chi connectivity index (χ1n) is 6.50. The fourth-order valence-electron chi connectivity index (χ4n) is 2.11. The second kappa shape index (κ2) is 5.25. The largest absolute Gasteiger partial charge is 0.383 e. The van der Waals surface area contributed by atoms with Gasteiger partial charge in [-0.15, -0.1) is 0 Å². The predicted octanol–water partition coefficient (Wildman–Crippen LogP) is 4.08. The minimum absolute atomic E-state index is 0.356. The molecule has 2 N–H and O–H groups in total. The van der Waals surface area contributed by atoms with Crippen LogP contribution in [-0.4, -0.2) is 9.78 Å². The number of halogens is 1. The SMILES string of the molecule is CC(C)C(C)c1nn(C)c(N)c1-c1ccc(Cl)cc1. The summed E-state index contributed by atoms with van der Waals surface area (Å²) in [6.45, 7) is 6.58. The number of hydrogen-bond acceptors (Lipinski definition) is 2. The molecule has 1 heterocycles. The summed E-state index contributed by atoms with van der Waals surface area (Å²) in [6, 6.07) is 7.75. The van der Waals surface area contributed by atoms with Gasteiger partial charge in [0.1, 0.15) is 5.82 Å². The molecule has 0 aliphatic heterocycles. The van der Waals surface area contributed by atoms with Crippen molar-refractivity contribution in [3.63, 3.8) is 0 Å². The van der Waals surface area contributed by atoms with Crippen molar-refractivity contribution in [2.45, 2.75) is 26.7 Å². The maximum atomic E-state index is 6.18. The highest BCUT2D eigenvalue weighted by atomic mass is 35.5. The number of nitrogens with zero attached hydrogens (tertiary/aromatic N) is 2. The Hall–Kier alpha value is -1.48. The Bertz CT molecular complexity index is 570. The lowest BCUT2D eigenvalue weighted by Crippen LogP contribution is -2.04. The molecule has 3 nitrogen and oxygen atoms in total. The number of rotatable bonds is 3. The number of aromatic nitrogens is 2. The summed E-state index contributed by atoms with van der Waals surface area (Å²) >= 11 is 5.94. The molecule has 102 valence electrons. The lowest BCUT2D eigenvalue weighted by atomic mass is 9.90. The van der Waals surface area contributed by atoms with Crippen LogP contribution in [0.15, 0.2) is 24.3 Å². The number of nitrogen functional groups attached to an aromatic ring is 1. The normalized spacial score (nSPS) is 12.9. The predicted molar refractivity (Wildman–Crippen MR) is 81.3 cm³/mol. The Morgan fingerprint density at radius 1 is 1.16 bits per heavy atom. The van der Waals surface area contributed by atoms with Crippen LogP contribution in [0.3, 0.4) is 0 Å². The molecule has 0 radical (unpaired) electrons. The topological polar surface area (TPSA) is 43.8 Å². The Labute approximate surface area is 119 Å². The second-order valence-electron chi connectivity index (χ2n) is 5.31. The third-order valence-electron chi connectivity index (χ3n) is 3.68. The molecule has 1 aromatic heterocycles. The van der Waals surface area contributed by atoms with Gasteiger partial charge in [-0.1, -0.05) is 44.5 Å². The van der Waals surface area contributed by atoms with Crippen molar-refractivity contribution in [3.8, 4) is 11.1 Å². The lowest BCUT2D eigenvalue weighted by molar-refractivity contribution is 0.517. The zero-order valence-corrected chi connectivity index (χ0v) is 12.6. The van der Waals surface area contributed by atoms with E-state index in [1.807, 2.05) is 31.3 Å². The first kappa shape index (κ1) is 13.9. The maximum absolute atomic E-state index is 6.18. The standard InChI is InChI=1S/C15H20ClN3/c1-9(2)10(3)14-13(15(17)19(4)18-14)11-5-7-12(16)8-6-11/h5-10H,17H2,1-4H3. The van der Waals surface area contributed by atoms with Crippen molar-refractivity contribution in [1.29, 1.82) is 0 Å². The van der Waals surface area contributed by atoms with Crippen LogP contribution in [-0.2, 0) is 7.05 Å². The molecule has 0 aliphatic carbocycles. The minimum Gasteiger partial charge on any atom is -0.383 e. The molecule has 2 rings (SSSR count). The molecule has 0 saturated heterocycles. The molecule has 0 aliphatic rings. The Morgan fingerprint density at radius 3 is 2.26 bits per heavy atom. The lowest BCUT2D eigenvalue weighted by Gasteiger charge is -2.15. The van der Waals surface area contributed by atoms with Crippen LogP contribution in [0.25, 0.3) is 11.1 Å². The number of hydrogen-bond donors (Lipinski definition) is 1. The van der Waals surface area contributed by atoms with E-state index in [1.54, 1.807) is 4.68 Å². The van der Waals surface area contributed by atoms with Crippen molar-refractivity contribution in [3.05, 3.63) is 35.0 Å². The maximum Gasteiger partial charge on any atom is 0.129 e. The van der Waals surface area contributed by atoms with Crippen LogP contribution in [0, 0.1) is 5.92 Å². The van der Waals surface area contributed by atoms with Crippen molar-refractivity contribution < 1.29 is 0 Å². The zero-order valence-electron chi connectivity index (χ0n) is 11.8. The highest BCUT2D eigenvalue weighted by molar-refractivity contribution is 6.30. The first-order chi connectivity index (χ1) is 8.91. The van der Waals surface area contributed by atoms with Gasteiger partial charge in [-0.2, -0.15) is 5.10 Å². The van der Waals surface area contributed by atoms with Gasteiger partial charge in [-0.3, -0.25) is 4.68 Å². The van der Waals surface area contributed by atoms with Gasteiger partial charge in [0.15, 0.2) is 0 Å². The smallest absolute Gasteiger partial charge is 0.129 e. The van der Waals surface area contributed by atoms with E-state index < -0.39 is 0 Å². The van der Waals surface area contributed by atoms with Gasteiger partial charge in [0.25, 0.3) is 0 Å². The van der Waals surface area contributed by atoms with Gasteiger partial charge in [0.05, 0.1) is 5.69 Å². The quantitative estimate of drug-likeness (QED) is 0.919. The summed E-state index contributed by atoms with van der Waals surface area (Å²) in [6.07, 6.45) is 0. The van der Waals surface area contributed by atoms with E-state index in [1.165, 1.54) is 0 Å². The van der Waals surface area contributed by atoms with Gasteiger partial charge in [-0.05, 0) is 23.6 Å². The molecule has 1 unspecified atom stereocenters. The molecule has 0 saturated carbocycles. The summed E-state index contributed by atoms with van der Waals surface area (Å²) < 4.78 is 1.75. The minimum atomic E-state index is 0.356. The molecule has 0 fully saturated rings. The van der Waals surface area contributed by atoms with Crippen molar-refractivity contribution >= 4 is 17.4 Å². The van der Waals surface area contributed by atoms with E-state index in [2.05, 4.69) is 25.9 Å². The summed E-state index contributed by atoms with van der Waals surface area (Å²) in [5.74, 6) is 1.57. The summed E-state index contributed by atoms with van der Waals surface area (Å²) in [7, 11) is 1.88. The van der Waals surface area contributed by atoms with Crippen LogP contribution in [0.2, 0.25) is 5.02 Å². The van der Waals surface area contributed by atoms with Crippen molar-refractivity contribution in [2.75, 3.05) is 5.73 Å². The van der Waals surface area contributed by atoms with Crippen LogP contribution in [0.5, 0.6) is 0 Å². The van der Waals surface area contributed by atoms with Gasteiger partial charge in [-0.25, -0.2) is 0 Å². The average molecular weight is 278 g/mol. The van der Waals surface area contributed by atoms with Crippen molar-refractivity contribution in [2.24, 2.45) is 13.0 Å². The summed E-state index contributed by atoms with van der Waals surface area (Å²) in [5, 5.41) is 5.32. The first-order valence-corrected chi connectivity index (χ1v) is 6.88. The average Bonchev–Trinajstić information content (AvgIpc) is 2.66. The number of anilines is 1. The highest BCUT2D eigenvalue weighted by Crippen LogP contribution is 2.36. The molecule has 0 bridgehead atoms. The summed E-state index contributed by atoms with van der Waals surface area (Å²) in [5.41, 5.74) is 9.33. The fourth-order valence-corrected chi connectivity index (χ4v) is 2.23. The number of nitrogens with two attached hydrogens (primary N) is 1. The van der Waals surface area contributed by atoms with E-state index in [0.29, 0.717) is 17.7 Å². The third-order valence-corrected chi connectivity index (χ3v) is 3.93. The van der Waals surface area contributed by atoms with Crippen LogP contribution in [0.1, 0.15) is 32.4 Å². The molecule has 1 atom stereocenters. The molecule has 1 aromatic carbocycles. The van der Waals surface area contributed by atoms with Gasteiger partial charge in [0.2, 0.25) is 0 Å². The number of aryl methyl sites for hydroxylation is 1. The monoisotopic (exact) mass is 277 g/mol. The molecule has 19 heavy (non-hydrogen) atoms. The molecule has 2 aromatic rings. The molecular weight excluding hydrogens is 258 g/mol. The van der Waals surface area contributed by atoms with Gasteiger partial charge in [0, 0.05) is 23.6 Å². The van der Waals surface area contributed by atoms with Gasteiger partial charge >= 0.3 is 0 Å². The molecule has 4 heteroatoms. The van der Waals surface area contributed by atoms with Crippen LogP contribution in [0.4, 0.5) is 5.82 Å². The Morgan fingerprint density at radius 2 is 1.74 bits per heavy atom. The van der Waals surface area contributed by atoms with Gasteiger partial charge < -0.3 is 5.73 Å².